The number of carbonyl (C=O) groups excluding carboxylic acids is 1. The third-order valence-electron chi connectivity index (χ3n) is 5.40. The van der Waals surface area contributed by atoms with Crippen molar-refractivity contribution in [3.8, 4) is 0 Å². The molecule has 3 aromatic rings. The molecule has 1 aliphatic heterocycles. The molecule has 1 amide bonds. The first-order valence-corrected chi connectivity index (χ1v) is 11.5. The summed E-state index contributed by atoms with van der Waals surface area (Å²) in [6.07, 6.45) is -3.98. The van der Waals surface area contributed by atoms with Gasteiger partial charge < -0.3 is 9.88 Å². The summed E-state index contributed by atoms with van der Waals surface area (Å²) in [5.41, 5.74) is 0.699. The second-order valence-corrected chi connectivity index (χ2v) is 9.45. The highest BCUT2D eigenvalue weighted by Gasteiger charge is 2.34. The van der Waals surface area contributed by atoms with Crippen molar-refractivity contribution in [3.63, 3.8) is 0 Å². The van der Waals surface area contributed by atoms with Crippen LogP contribution in [0.3, 0.4) is 0 Å². The molecule has 2 aromatic carbocycles. The van der Waals surface area contributed by atoms with Crippen LogP contribution in [0.25, 0.3) is 11.0 Å². The third kappa shape index (κ3) is 4.63. The minimum absolute atomic E-state index is 0.0228. The van der Waals surface area contributed by atoms with Crippen molar-refractivity contribution < 1.29 is 26.4 Å². The maximum absolute atomic E-state index is 12.9. The van der Waals surface area contributed by atoms with Crippen LogP contribution in [0.1, 0.15) is 17.8 Å². The molecule has 2 heterocycles. The van der Waals surface area contributed by atoms with Crippen LogP contribution in [0, 0.1) is 0 Å². The molecule has 1 fully saturated rings. The van der Waals surface area contributed by atoms with Gasteiger partial charge in [0.2, 0.25) is 15.9 Å². The van der Waals surface area contributed by atoms with Crippen LogP contribution in [-0.4, -0.2) is 59.7 Å². The number of para-hydroxylation sites is 2. The maximum Gasteiger partial charge on any atom is 0.416 e. The van der Waals surface area contributed by atoms with Crippen molar-refractivity contribution in [1.82, 2.24) is 19.2 Å². The average molecular weight is 466 g/mol. The van der Waals surface area contributed by atoms with Gasteiger partial charge in [0, 0.05) is 39.0 Å². The molecule has 32 heavy (non-hydrogen) atoms. The molecule has 0 atom stereocenters. The lowest BCUT2D eigenvalue weighted by Gasteiger charge is -2.34. The third-order valence-corrected chi connectivity index (χ3v) is 7.30. The van der Waals surface area contributed by atoms with Crippen LogP contribution in [0.5, 0.6) is 0 Å². The standard InChI is InChI=1S/C21H21F3N4O3S/c22-21(23,24)15-4-3-5-16(14-15)32(30,31)28-12-10-27(11-13-28)20(29)9-8-19-25-17-6-1-2-7-18(17)26-19/h1-7,14H,8-13H2,(H,25,26). The van der Waals surface area contributed by atoms with Crippen molar-refractivity contribution in [2.45, 2.75) is 23.9 Å². The molecule has 7 nitrogen and oxygen atoms in total. The molecule has 4 rings (SSSR count). The molecule has 0 spiro atoms. The minimum atomic E-state index is -4.63. The summed E-state index contributed by atoms with van der Waals surface area (Å²) in [6.45, 7) is 0.401. The summed E-state index contributed by atoms with van der Waals surface area (Å²) in [5, 5.41) is 0. The Kier molecular flexibility index (Phi) is 5.95. The van der Waals surface area contributed by atoms with Gasteiger partial charge in [-0.1, -0.05) is 18.2 Å². The van der Waals surface area contributed by atoms with Crippen molar-refractivity contribution in [2.24, 2.45) is 0 Å². The Bertz CT molecular complexity index is 1200. The Balaban J connectivity index is 1.35. The van der Waals surface area contributed by atoms with Crippen LogP contribution < -0.4 is 0 Å². The number of amides is 1. The van der Waals surface area contributed by atoms with E-state index in [0.29, 0.717) is 18.3 Å². The van der Waals surface area contributed by atoms with Crippen molar-refractivity contribution in [3.05, 3.63) is 59.9 Å². The molecule has 1 aromatic heterocycles. The molecule has 0 aliphatic carbocycles. The van der Waals surface area contributed by atoms with E-state index in [1.54, 1.807) is 4.90 Å². The number of nitrogens with one attached hydrogen (secondary N) is 1. The van der Waals surface area contributed by atoms with Gasteiger partial charge in [0.05, 0.1) is 21.5 Å². The number of alkyl halides is 3. The number of piperazine rings is 1. The van der Waals surface area contributed by atoms with Crippen LogP contribution in [0.4, 0.5) is 13.2 Å². The number of benzene rings is 2. The Labute approximate surface area is 182 Å². The molecule has 11 heteroatoms. The zero-order valence-corrected chi connectivity index (χ0v) is 17.8. The number of aromatic amines is 1. The number of sulfonamides is 1. The Morgan fingerprint density at radius 3 is 2.44 bits per heavy atom. The zero-order valence-electron chi connectivity index (χ0n) is 17.0. The van der Waals surface area contributed by atoms with Gasteiger partial charge in [0.15, 0.2) is 0 Å². The van der Waals surface area contributed by atoms with Gasteiger partial charge in [-0.25, -0.2) is 13.4 Å². The highest BCUT2D eigenvalue weighted by Crippen LogP contribution is 2.31. The van der Waals surface area contributed by atoms with E-state index in [1.165, 1.54) is 0 Å². The second kappa shape index (κ2) is 8.55. The van der Waals surface area contributed by atoms with E-state index in [4.69, 9.17) is 0 Å². The topological polar surface area (TPSA) is 86.4 Å². The summed E-state index contributed by atoms with van der Waals surface area (Å²) in [6, 6.07) is 11.2. The van der Waals surface area contributed by atoms with Gasteiger partial charge in [0.25, 0.3) is 0 Å². The van der Waals surface area contributed by atoms with Crippen LogP contribution >= 0.6 is 0 Å². The number of imidazole rings is 1. The molecule has 170 valence electrons. The largest absolute Gasteiger partial charge is 0.416 e. The number of H-pyrrole nitrogens is 1. The summed E-state index contributed by atoms with van der Waals surface area (Å²) in [7, 11) is -4.08. The number of rotatable bonds is 5. The molecule has 0 bridgehead atoms. The smallest absolute Gasteiger partial charge is 0.342 e. The van der Waals surface area contributed by atoms with Gasteiger partial charge in [-0.15, -0.1) is 0 Å². The monoisotopic (exact) mass is 466 g/mol. The number of carbonyl (C=O) groups is 1. The first kappa shape index (κ1) is 22.3. The maximum atomic E-state index is 12.9. The fourth-order valence-electron chi connectivity index (χ4n) is 3.67. The number of nitrogens with zero attached hydrogens (tertiary/aromatic N) is 3. The molecule has 0 saturated carbocycles. The molecule has 0 unspecified atom stereocenters. The number of hydrogen-bond donors (Lipinski definition) is 1. The fraction of sp³-hybridized carbons (Fsp3) is 0.333. The quantitative estimate of drug-likeness (QED) is 0.626. The Hall–Kier alpha value is -2.92. The van der Waals surface area contributed by atoms with E-state index in [0.717, 1.165) is 33.5 Å². The number of halogens is 3. The molecule has 0 radical (unpaired) electrons. The summed E-state index contributed by atoms with van der Waals surface area (Å²) < 4.78 is 65.5. The van der Waals surface area contributed by atoms with Gasteiger partial charge in [-0.2, -0.15) is 17.5 Å². The van der Waals surface area contributed by atoms with Crippen LogP contribution in [-0.2, 0) is 27.4 Å². The SMILES string of the molecule is O=C(CCc1nc2ccccc2[nH]1)N1CCN(S(=O)(=O)c2cccc(C(F)(F)F)c2)CC1. The van der Waals surface area contributed by atoms with Crippen LogP contribution in [0.15, 0.2) is 53.4 Å². The lowest BCUT2D eigenvalue weighted by Crippen LogP contribution is -2.50. The number of fused-ring (bicyclic) bond motifs is 1. The van der Waals surface area contributed by atoms with Gasteiger partial charge in [-0.05, 0) is 30.3 Å². The Morgan fingerprint density at radius 1 is 1.03 bits per heavy atom. The van der Waals surface area contributed by atoms with Gasteiger partial charge in [-0.3, -0.25) is 4.79 Å². The van der Waals surface area contributed by atoms with Crippen LogP contribution in [0.2, 0.25) is 0 Å². The lowest BCUT2D eigenvalue weighted by atomic mass is 10.2. The van der Waals surface area contributed by atoms with Gasteiger partial charge >= 0.3 is 6.18 Å². The molecular formula is C21H21F3N4O3S. The van der Waals surface area contributed by atoms with E-state index < -0.39 is 26.7 Å². The lowest BCUT2D eigenvalue weighted by molar-refractivity contribution is -0.137. The molecule has 1 saturated heterocycles. The molecular weight excluding hydrogens is 445 g/mol. The first-order chi connectivity index (χ1) is 15.1. The second-order valence-electron chi connectivity index (χ2n) is 7.51. The van der Waals surface area contributed by atoms with E-state index in [-0.39, 0.29) is 38.5 Å². The van der Waals surface area contributed by atoms with Crippen molar-refractivity contribution in [2.75, 3.05) is 26.2 Å². The van der Waals surface area contributed by atoms with Crippen molar-refractivity contribution in [1.29, 1.82) is 0 Å². The van der Waals surface area contributed by atoms with E-state index in [2.05, 4.69) is 9.97 Å². The first-order valence-electron chi connectivity index (χ1n) is 10.0. The highest BCUT2D eigenvalue weighted by atomic mass is 32.2. The normalized spacial score (nSPS) is 15.9. The zero-order chi connectivity index (χ0) is 22.9. The number of aromatic nitrogens is 2. The summed E-state index contributed by atoms with van der Waals surface area (Å²) >= 11 is 0. The Morgan fingerprint density at radius 2 is 1.75 bits per heavy atom. The van der Waals surface area contributed by atoms with E-state index in [9.17, 15) is 26.4 Å². The molecule has 1 aliphatic rings. The average Bonchev–Trinajstić information content (AvgIpc) is 3.20. The summed E-state index contributed by atoms with van der Waals surface area (Å²) in [5.74, 6) is 0.576. The summed E-state index contributed by atoms with van der Waals surface area (Å²) in [4.78, 5) is 21.3. The van der Waals surface area contributed by atoms with E-state index in [1.807, 2.05) is 24.3 Å². The molecule has 1 N–H and O–H groups in total. The predicted molar refractivity (Wildman–Crippen MR) is 111 cm³/mol. The number of hydrogen-bond acceptors (Lipinski definition) is 4. The van der Waals surface area contributed by atoms with Gasteiger partial charge in [0.1, 0.15) is 5.82 Å². The fourth-order valence-corrected chi connectivity index (χ4v) is 5.14. The number of aryl methyl sites for hydroxylation is 1. The minimum Gasteiger partial charge on any atom is -0.342 e. The predicted octanol–water partition coefficient (Wildman–Crippen LogP) is 3.05. The van der Waals surface area contributed by atoms with E-state index >= 15 is 0 Å². The van der Waals surface area contributed by atoms with Crippen molar-refractivity contribution >= 4 is 27.0 Å². The highest BCUT2D eigenvalue weighted by molar-refractivity contribution is 7.89.